The highest BCUT2D eigenvalue weighted by atomic mass is 16.5. The molecule has 23 heavy (non-hydrogen) atoms. The number of carbonyl (C=O) groups excluding carboxylic acids is 1. The first-order valence-corrected chi connectivity index (χ1v) is 7.22. The van der Waals surface area contributed by atoms with Gasteiger partial charge in [0.1, 0.15) is 11.5 Å². The van der Waals surface area contributed by atoms with Gasteiger partial charge in [0.15, 0.2) is 0 Å². The monoisotopic (exact) mass is 308 g/mol. The van der Waals surface area contributed by atoms with Gasteiger partial charge in [0.2, 0.25) is 5.91 Å². The molecule has 0 saturated carbocycles. The number of hydrogen-bond acceptors (Lipinski definition) is 4. The predicted octanol–water partition coefficient (Wildman–Crippen LogP) is 3.05. The zero-order chi connectivity index (χ0) is 16.4. The fourth-order valence-electron chi connectivity index (χ4n) is 3.01. The van der Waals surface area contributed by atoms with Gasteiger partial charge >= 0.3 is 0 Å². The average molecular weight is 308 g/mol. The first-order chi connectivity index (χ1) is 11.2. The third-order valence-electron chi connectivity index (χ3n) is 4.04. The van der Waals surface area contributed by atoms with E-state index in [0.717, 1.165) is 11.1 Å². The highest BCUT2D eigenvalue weighted by molar-refractivity contribution is 5.96. The fourth-order valence-corrected chi connectivity index (χ4v) is 3.01. The molecule has 1 unspecified atom stereocenters. The van der Waals surface area contributed by atoms with E-state index in [2.05, 4.69) is 11.4 Å². The molecule has 1 N–H and O–H groups in total. The molecule has 5 heteroatoms. The molecule has 0 radical (unpaired) electrons. The van der Waals surface area contributed by atoms with Crippen molar-refractivity contribution >= 4 is 11.6 Å². The van der Waals surface area contributed by atoms with Crippen LogP contribution in [0.25, 0.3) is 0 Å². The van der Waals surface area contributed by atoms with Crippen LogP contribution in [0.4, 0.5) is 5.69 Å². The summed E-state index contributed by atoms with van der Waals surface area (Å²) in [6, 6.07) is 13.1. The molecule has 0 aromatic heterocycles. The summed E-state index contributed by atoms with van der Waals surface area (Å²) in [6.45, 7) is 0. The maximum absolute atomic E-state index is 12.1. The second-order valence-corrected chi connectivity index (χ2v) is 5.29. The Kier molecular flexibility index (Phi) is 3.90. The minimum atomic E-state index is -0.226. The lowest BCUT2D eigenvalue weighted by Gasteiger charge is -2.28. The normalized spacial score (nSPS) is 16.0. The second-order valence-electron chi connectivity index (χ2n) is 5.29. The molecule has 0 bridgehead atoms. The van der Waals surface area contributed by atoms with Gasteiger partial charge < -0.3 is 14.8 Å². The number of benzene rings is 2. The van der Waals surface area contributed by atoms with Crippen LogP contribution in [0.1, 0.15) is 29.0 Å². The van der Waals surface area contributed by atoms with E-state index in [1.54, 1.807) is 32.4 Å². The number of anilines is 1. The van der Waals surface area contributed by atoms with E-state index >= 15 is 0 Å². The SMILES string of the molecule is COc1cc2c(c(OC)c1)C(c1ccccc1C#N)CC(=O)N2. The van der Waals surface area contributed by atoms with Crippen LogP contribution in [0.15, 0.2) is 36.4 Å². The van der Waals surface area contributed by atoms with Crippen LogP contribution in [-0.4, -0.2) is 20.1 Å². The van der Waals surface area contributed by atoms with Crippen molar-refractivity contribution in [2.45, 2.75) is 12.3 Å². The van der Waals surface area contributed by atoms with Gasteiger partial charge in [-0.15, -0.1) is 0 Å². The summed E-state index contributed by atoms with van der Waals surface area (Å²) in [4.78, 5) is 12.1. The maximum atomic E-state index is 12.1. The maximum Gasteiger partial charge on any atom is 0.225 e. The summed E-state index contributed by atoms with van der Waals surface area (Å²) >= 11 is 0. The highest BCUT2D eigenvalue weighted by Crippen LogP contribution is 2.45. The van der Waals surface area contributed by atoms with Gasteiger partial charge in [0, 0.05) is 30.0 Å². The number of methoxy groups -OCH3 is 2. The van der Waals surface area contributed by atoms with Crippen molar-refractivity contribution in [3.63, 3.8) is 0 Å². The number of nitrogens with one attached hydrogen (secondary N) is 1. The molecule has 0 aliphatic carbocycles. The van der Waals surface area contributed by atoms with Gasteiger partial charge in [-0.05, 0) is 11.6 Å². The van der Waals surface area contributed by atoms with Gasteiger partial charge in [-0.2, -0.15) is 5.26 Å². The molecule has 1 heterocycles. The average Bonchev–Trinajstić information content (AvgIpc) is 2.59. The minimum Gasteiger partial charge on any atom is -0.497 e. The smallest absolute Gasteiger partial charge is 0.225 e. The summed E-state index contributed by atoms with van der Waals surface area (Å²) in [5.74, 6) is 0.924. The van der Waals surface area contributed by atoms with Gasteiger partial charge in [-0.25, -0.2) is 0 Å². The summed E-state index contributed by atoms with van der Waals surface area (Å²) in [5, 5.41) is 12.2. The summed E-state index contributed by atoms with van der Waals surface area (Å²) in [6.07, 6.45) is 0.272. The Morgan fingerprint density at radius 1 is 1.22 bits per heavy atom. The predicted molar refractivity (Wildman–Crippen MR) is 85.8 cm³/mol. The van der Waals surface area contributed by atoms with Crippen molar-refractivity contribution in [3.05, 3.63) is 53.1 Å². The van der Waals surface area contributed by atoms with Crippen molar-refractivity contribution < 1.29 is 14.3 Å². The number of fused-ring (bicyclic) bond motifs is 1. The molecule has 3 rings (SSSR count). The van der Waals surface area contributed by atoms with Crippen LogP contribution < -0.4 is 14.8 Å². The van der Waals surface area contributed by atoms with Crippen LogP contribution >= 0.6 is 0 Å². The Morgan fingerprint density at radius 2 is 2.00 bits per heavy atom. The van der Waals surface area contributed by atoms with E-state index in [4.69, 9.17) is 9.47 Å². The molecule has 0 spiro atoms. The first-order valence-electron chi connectivity index (χ1n) is 7.22. The Bertz CT molecular complexity index is 808. The Morgan fingerprint density at radius 3 is 2.70 bits per heavy atom. The lowest BCUT2D eigenvalue weighted by Crippen LogP contribution is -2.24. The lowest BCUT2D eigenvalue weighted by atomic mass is 9.82. The summed E-state index contributed by atoms with van der Waals surface area (Å²) < 4.78 is 10.8. The molecule has 1 aliphatic heterocycles. The number of nitriles is 1. The molecule has 1 amide bonds. The van der Waals surface area contributed by atoms with E-state index in [9.17, 15) is 10.1 Å². The number of ether oxygens (including phenoxy) is 2. The molecule has 2 aromatic carbocycles. The molecular weight excluding hydrogens is 292 g/mol. The van der Waals surface area contributed by atoms with Crippen LogP contribution in [-0.2, 0) is 4.79 Å². The molecule has 1 aliphatic rings. The van der Waals surface area contributed by atoms with Crippen LogP contribution in [0.2, 0.25) is 0 Å². The molecule has 0 fully saturated rings. The van der Waals surface area contributed by atoms with Crippen molar-refractivity contribution in [1.29, 1.82) is 5.26 Å². The number of carbonyl (C=O) groups is 1. The minimum absolute atomic E-state index is 0.0921. The van der Waals surface area contributed by atoms with E-state index in [-0.39, 0.29) is 18.2 Å². The Balaban J connectivity index is 2.23. The number of amides is 1. The summed E-state index contributed by atoms with van der Waals surface area (Å²) in [5.41, 5.74) is 2.93. The zero-order valence-electron chi connectivity index (χ0n) is 12.9. The molecule has 116 valence electrons. The van der Waals surface area contributed by atoms with E-state index in [1.807, 2.05) is 18.2 Å². The van der Waals surface area contributed by atoms with Gasteiger partial charge in [-0.3, -0.25) is 4.79 Å². The van der Waals surface area contributed by atoms with Gasteiger partial charge in [0.25, 0.3) is 0 Å². The fraction of sp³-hybridized carbons (Fsp3) is 0.222. The second kappa shape index (κ2) is 6.01. The topological polar surface area (TPSA) is 71.3 Å². The largest absolute Gasteiger partial charge is 0.497 e. The standard InChI is InChI=1S/C18H16N2O3/c1-22-12-7-15-18(16(8-12)23-2)14(9-17(21)20-15)13-6-4-3-5-11(13)10-19/h3-8,14H,9H2,1-2H3,(H,20,21). The molecule has 0 saturated heterocycles. The van der Waals surface area contributed by atoms with E-state index < -0.39 is 0 Å². The number of nitrogens with zero attached hydrogens (tertiary/aromatic N) is 1. The van der Waals surface area contributed by atoms with Crippen molar-refractivity contribution in [2.24, 2.45) is 0 Å². The van der Waals surface area contributed by atoms with E-state index in [1.165, 1.54) is 0 Å². The molecule has 5 nitrogen and oxygen atoms in total. The van der Waals surface area contributed by atoms with Gasteiger partial charge in [-0.1, -0.05) is 18.2 Å². The highest BCUT2D eigenvalue weighted by Gasteiger charge is 2.31. The van der Waals surface area contributed by atoms with Crippen molar-refractivity contribution in [1.82, 2.24) is 0 Å². The molecule has 2 aromatic rings. The third-order valence-corrected chi connectivity index (χ3v) is 4.04. The Hall–Kier alpha value is -3.00. The lowest BCUT2D eigenvalue weighted by molar-refractivity contribution is -0.116. The third kappa shape index (κ3) is 2.59. The number of hydrogen-bond donors (Lipinski definition) is 1. The quantitative estimate of drug-likeness (QED) is 0.946. The van der Waals surface area contributed by atoms with Crippen molar-refractivity contribution in [3.8, 4) is 17.6 Å². The van der Waals surface area contributed by atoms with Gasteiger partial charge in [0.05, 0.1) is 31.5 Å². The molecular formula is C18H16N2O3. The van der Waals surface area contributed by atoms with Crippen LogP contribution in [0, 0.1) is 11.3 Å². The number of rotatable bonds is 3. The van der Waals surface area contributed by atoms with E-state index in [0.29, 0.717) is 22.7 Å². The first kappa shape index (κ1) is 14.9. The Labute approximate surface area is 134 Å². The molecule has 1 atom stereocenters. The van der Waals surface area contributed by atoms with Crippen molar-refractivity contribution in [2.75, 3.05) is 19.5 Å². The summed E-state index contributed by atoms with van der Waals surface area (Å²) in [7, 11) is 3.15. The van der Waals surface area contributed by atoms with Crippen LogP contribution in [0.5, 0.6) is 11.5 Å². The zero-order valence-corrected chi connectivity index (χ0v) is 12.9. The van der Waals surface area contributed by atoms with Crippen LogP contribution in [0.3, 0.4) is 0 Å².